The summed E-state index contributed by atoms with van der Waals surface area (Å²) in [7, 11) is 0. The van der Waals surface area contributed by atoms with E-state index < -0.39 is 5.97 Å². The first kappa shape index (κ1) is 8.54. The van der Waals surface area contributed by atoms with Crippen molar-refractivity contribution in [3.8, 4) is 0 Å². The lowest BCUT2D eigenvalue weighted by molar-refractivity contribution is -0.146. The number of rotatable bonds is 2. The molecule has 2 nitrogen and oxygen atoms in total. The average Bonchev–Trinajstić information content (AvgIpc) is 2.19. The van der Waals surface area contributed by atoms with Gasteiger partial charge in [-0.3, -0.25) is 4.79 Å². The Morgan fingerprint density at radius 2 is 2.46 bits per heavy atom. The van der Waals surface area contributed by atoms with Gasteiger partial charge < -0.3 is 5.11 Å². The summed E-state index contributed by atoms with van der Waals surface area (Å²) in [6, 6.07) is 0. The monoisotopic (exact) mass is 178 g/mol. The van der Waals surface area contributed by atoms with Crippen molar-refractivity contribution < 1.29 is 9.90 Å². The van der Waals surface area contributed by atoms with Crippen LogP contribution in [0.1, 0.15) is 19.3 Å². The quantitative estimate of drug-likeness (QED) is 0.658. The van der Waals surface area contributed by atoms with Gasteiger partial charge in [-0.2, -0.15) is 0 Å². The molecule has 1 N–H and O–H groups in total. The maximum absolute atomic E-state index is 11.0. The van der Waals surface area contributed by atoms with Crippen LogP contribution in [-0.2, 0) is 4.79 Å². The van der Waals surface area contributed by atoms with Gasteiger partial charge in [0.25, 0.3) is 0 Å². The van der Waals surface area contributed by atoms with Crippen molar-refractivity contribution in [3.63, 3.8) is 0 Å². The Balaban J connectivity index is 2.37. The Bertz CT molecular complexity index is 280. The van der Waals surface area contributed by atoms with Gasteiger partial charge in [-0.05, 0) is 25.2 Å². The third-order valence-electron chi connectivity index (χ3n) is 3.49. The fourth-order valence-corrected chi connectivity index (χ4v) is 2.58. The van der Waals surface area contributed by atoms with Crippen LogP contribution >= 0.6 is 0 Å². The van der Waals surface area contributed by atoms with Crippen molar-refractivity contribution in [3.05, 3.63) is 24.8 Å². The molecule has 0 aromatic rings. The smallest absolute Gasteiger partial charge is 0.307 e. The molecule has 3 rings (SSSR count). The van der Waals surface area contributed by atoms with Gasteiger partial charge in [0, 0.05) is 5.41 Å². The number of fused-ring (bicyclic) bond motifs is 2. The number of carboxylic acids is 1. The summed E-state index contributed by atoms with van der Waals surface area (Å²) in [5.74, 6) is -0.425. The Morgan fingerprint density at radius 1 is 1.69 bits per heavy atom. The van der Waals surface area contributed by atoms with Crippen LogP contribution in [0.5, 0.6) is 0 Å². The topological polar surface area (TPSA) is 37.3 Å². The second kappa shape index (κ2) is 2.72. The molecule has 13 heavy (non-hydrogen) atoms. The highest BCUT2D eigenvalue weighted by molar-refractivity contribution is 5.72. The summed E-state index contributed by atoms with van der Waals surface area (Å²) >= 11 is 0. The molecule has 2 bridgehead atoms. The zero-order valence-electron chi connectivity index (χ0n) is 7.57. The van der Waals surface area contributed by atoms with Crippen LogP contribution < -0.4 is 0 Å². The van der Waals surface area contributed by atoms with E-state index in [1.54, 1.807) is 0 Å². The van der Waals surface area contributed by atoms with E-state index in [-0.39, 0.29) is 11.3 Å². The number of hydrogen-bond donors (Lipinski definition) is 1. The molecule has 70 valence electrons. The Morgan fingerprint density at radius 3 is 2.85 bits per heavy atom. The molecule has 1 fully saturated rings. The van der Waals surface area contributed by atoms with Crippen LogP contribution in [0.2, 0.25) is 0 Å². The van der Waals surface area contributed by atoms with Crippen molar-refractivity contribution >= 4 is 5.97 Å². The van der Waals surface area contributed by atoms with Gasteiger partial charge in [0.1, 0.15) is 0 Å². The number of hydrogen-bond acceptors (Lipinski definition) is 1. The normalized spacial score (nSPS) is 41.8. The maximum Gasteiger partial charge on any atom is 0.307 e. The SMILES string of the molecule is C=C[C@@]12C=C[C@@H](CC1)C[C@H]2C(=O)O. The van der Waals surface area contributed by atoms with E-state index in [1.807, 2.05) is 6.08 Å². The van der Waals surface area contributed by atoms with Crippen LogP contribution in [0.25, 0.3) is 0 Å². The highest BCUT2D eigenvalue weighted by Crippen LogP contribution is 2.50. The number of carbonyl (C=O) groups is 1. The summed E-state index contributed by atoms with van der Waals surface area (Å²) in [5, 5.41) is 9.07. The van der Waals surface area contributed by atoms with Crippen LogP contribution in [-0.4, -0.2) is 11.1 Å². The molecule has 0 spiro atoms. The van der Waals surface area contributed by atoms with Crippen molar-refractivity contribution in [2.45, 2.75) is 19.3 Å². The molecule has 3 aliphatic rings. The van der Waals surface area contributed by atoms with E-state index >= 15 is 0 Å². The summed E-state index contributed by atoms with van der Waals surface area (Å²) in [5.41, 5.74) is -0.249. The molecule has 0 aromatic heterocycles. The molecule has 0 radical (unpaired) electrons. The minimum Gasteiger partial charge on any atom is -0.481 e. The first-order chi connectivity index (χ1) is 6.18. The van der Waals surface area contributed by atoms with Crippen LogP contribution in [0.3, 0.4) is 0 Å². The molecule has 3 atom stereocenters. The third kappa shape index (κ3) is 1.12. The Kier molecular flexibility index (Phi) is 1.79. The first-order valence-corrected chi connectivity index (χ1v) is 4.74. The lowest BCUT2D eigenvalue weighted by Crippen LogP contribution is -2.41. The summed E-state index contributed by atoms with van der Waals surface area (Å²) < 4.78 is 0. The van der Waals surface area contributed by atoms with E-state index in [4.69, 9.17) is 5.11 Å². The van der Waals surface area contributed by atoms with Crippen LogP contribution in [0.15, 0.2) is 24.8 Å². The highest BCUT2D eigenvalue weighted by Gasteiger charge is 2.46. The fraction of sp³-hybridized carbons (Fsp3) is 0.545. The van der Waals surface area contributed by atoms with Gasteiger partial charge in [0.05, 0.1) is 5.92 Å². The zero-order chi connectivity index (χ0) is 9.47. The summed E-state index contributed by atoms with van der Waals surface area (Å²) in [6.07, 6.45) is 8.89. The molecular formula is C11H14O2. The molecule has 0 saturated heterocycles. The summed E-state index contributed by atoms with van der Waals surface area (Å²) in [4.78, 5) is 11.0. The van der Waals surface area contributed by atoms with Crippen molar-refractivity contribution in [2.24, 2.45) is 17.3 Å². The van der Waals surface area contributed by atoms with Crippen LogP contribution in [0, 0.1) is 17.3 Å². The Hall–Kier alpha value is -1.05. The molecule has 0 amide bonds. The van der Waals surface area contributed by atoms with Gasteiger partial charge >= 0.3 is 5.97 Å². The maximum atomic E-state index is 11.0. The molecule has 0 heterocycles. The highest BCUT2D eigenvalue weighted by atomic mass is 16.4. The second-order valence-corrected chi connectivity index (χ2v) is 4.10. The van der Waals surface area contributed by atoms with Crippen molar-refractivity contribution in [1.82, 2.24) is 0 Å². The zero-order valence-corrected chi connectivity index (χ0v) is 7.57. The minimum atomic E-state index is -0.672. The molecule has 0 aromatic carbocycles. The number of allylic oxidation sites excluding steroid dienone is 3. The predicted octanol–water partition coefficient (Wildman–Crippen LogP) is 2.23. The summed E-state index contributed by atoms with van der Waals surface area (Å²) in [6.45, 7) is 3.77. The molecular weight excluding hydrogens is 164 g/mol. The Labute approximate surface area is 78.0 Å². The van der Waals surface area contributed by atoms with Crippen molar-refractivity contribution in [2.75, 3.05) is 0 Å². The van der Waals surface area contributed by atoms with Crippen LogP contribution in [0.4, 0.5) is 0 Å². The van der Waals surface area contributed by atoms with E-state index in [2.05, 4.69) is 18.7 Å². The van der Waals surface area contributed by atoms with Gasteiger partial charge in [-0.1, -0.05) is 18.2 Å². The minimum absolute atomic E-state index is 0.242. The van der Waals surface area contributed by atoms with Gasteiger partial charge in [-0.25, -0.2) is 0 Å². The standard InChI is InChI=1S/C11H14O2/c1-2-11-5-3-8(4-6-11)7-9(11)10(12)13/h2-3,5,8-9H,1,4,6-7H2,(H,12,13)/t8-,9-,11+/m0/s1. The second-order valence-electron chi connectivity index (χ2n) is 4.10. The molecule has 0 unspecified atom stereocenters. The average molecular weight is 178 g/mol. The van der Waals surface area contributed by atoms with Gasteiger partial charge in [0.2, 0.25) is 0 Å². The predicted molar refractivity (Wildman–Crippen MR) is 50.2 cm³/mol. The number of carboxylic acid groups (broad SMARTS) is 1. The fourth-order valence-electron chi connectivity index (χ4n) is 2.58. The largest absolute Gasteiger partial charge is 0.481 e. The van der Waals surface area contributed by atoms with E-state index in [1.165, 1.54) is 0 Å². The molecule has 0 aliphatic heterocycles. The first-order valence-electron chi connectivity index (χ1n) is 4.74. The van der Waals surface area contributed by atoms with E-state index in [0.29, 0.717) is 5.92 Å². The molecule has 2 heteroatoms. The van der Waals surface area contributed by atoms with E-state index in [0.717, 1.165) is 19.3 Å². The molecule has 3 aliphatic carbocycles. The number of aliphatic carboxylic acids is 1. The lowest BCUT2D eigenvalue weighted by atomic mass is 9.59. The van der Waals surface area contributed by atoms with Crippen molar-refractivity contribution in [1.29, 1.82) is 0 Å². The molecule has 1 saturated carbocycles. The van der Waals surface area contributed by atoms with Gasteiger partial charge in [0.15, 0.2) is 0 Å². The lowest BCUT2D eigenvalue weighted by Gasteiger charge is -2.44. The van der Waals surface area contributed by atoms with E-state index in [9.17, 15) is 4.79 Å². The van der Waals surface area contributed by atoms with Gasteiger partial charge in [-0.15, -0.1) is 6.58 Å². The third-order valence-corrected chi connectivity index (χ3v) is 3.49.